The van der Waals surface area contributed by atoms with E-state index in [0.29, 0.717) is 18.2 Å². The van der Waals surface area contributed by atoms with Gasteiger partial charge in [-0.15, -0.1) is 0 Å². The Balaban J connectivity index is 1.66. The topological polar surface area (TPSA) is 61.6 Å². The maximum atomic E-state index is 11.5. The van der Waals surface area contributed by atoms with Gasteiger partial charge in [0.15, 0.2) is 12.4 Å². The number of aromatic nitrogens is 1. The van der Waals surface area contributed by atoms with Gasteiger partial charge in [0.2, 0.25) is 5.89 Å². The molecule has 5 heteroatoms. The van der Waals surface area contributed by atoms with E-state index in [2.05, 4.69) is 50.2 Å². The molecular formula is C27H25NO4. The van der Waals surface area contributed by atoms with Gasteiger partial charge in [0.1, 0.15) is 11.4 Å². The van der Waals surface area contributed by atoms with Crippen LogP contribution in [0.15, 0.2) is 77.2 Å². The molecule has 4 aromatic rings. The minimum Gasteiger partial charge on any atom is -0.482 e. The van der Waals surface area contributed by atoms with Crippen LogP contribution in [0.5, 0.6) is 5.75 Å². The van der Waals surface area contributed by atoms with Crippen molar-refractivity contribution in [2.75, 3.05) is 13.2 Å². The van der Waals surface area contributed by atoms with Crippen LogP contribution in [-0.2, 0) is 9.53 Å². The molecule has 1 aromatic heterocycles. The van der Waals surface area contributed by atoms with E-state index in [9.17, 15) is 4.79 Å². The van der Waals surface area contributed by atoms with E-state index in [-0.39, 0.29) is 6.61 Å². The first-order valence-electron chi connectivity index (χ1n) is 10.6. The van der Waals surface area contributed by atoms with E-state index in [1.54, 1.807) is 19.1 Å². The first kappa shape index (κ1) is 21.4. The first-order chi connectivity index (χ1) is 15.5. The number of carbonyl (C=O) groups is 1. The molecule has 5 nitrogen and oxygen atoms in total. The molecule has 3 aromatic carbocycles. The van der Waals surface area contributed by atoms with Crippen LogP contribution >= 0.6 is 0 Å². The van der Waals surface area contributed by atoms with Crippen LogP contribution in [0.3, 0.4) is 0 Å². The van der Waals surface area contributed by atoms with Crippen LogP contribution in [-0.4, -0.2) is 24.2 Å². The summed E-state index contributed by atoms with van der Waals surface area (Å²) >= 11 is 0. The van der Waals surface area contributed by atoms with Crippen molar-refractivity contribution in [3.8, 4) is 39.8 Å². The van der Waals surface area contributed by atoms with Crippen molar-refractivity contribution in [1.82, 2.24) is 4.98 Å². The Morgan fingerprint density at radius 1 is 0.812 bits per heavy atom. The molecule has 0 aliphatic heterocycles. The van der Waals surface area contributed by atoms with Gasteiger partial charge in [-0.25, -0.2) is 9.78 Å². The van der Waals surface area contributed by atoms with E-state index < -0.39 is 5.97 Å². The van der Waals surface area contributed by atoms with Crippen LogP contribution < -0.4 is 4.74 Å². The average Bonchev–Trinajstić information content (AvgIpc) is 3.25. The molecule has 0 N–H and O–H groups in total. The maximum Gasteiger partial charge on any atom is 0.344 e. The van der Waals surface area contributed by atoms with E-state index in [1.165, 1.54) is 11.1 Å². The molecule has 0 fully saturated rings. The fourth-order valence-corrected chi connectivity index (χ4v) is 3.29. The Hall–Kier alpha value is -3.86. The molecular weight excluding hydrogens is 402 g/mol. The van der Waals surface area contributed by atoms with Crippen molar-refractivity contribution in [1.29, 1.82) is 0 Å². The van der Waals surface area contributed by atoms with Gasteiger partial charge < -0.3 is 13.9 Å². The highest BCUT2D eigenvalue weighted by Crippen LogP contribution is 2.36. The molecule has 1 heterocycles. The Labute approximate surface area is 187 Å². The predicted molar refractivity (Wildman–Crippen MR) is 124 cm³/mol. The zero-order valence-corrected chi connectivity index (χ0v) is 18.4. The lowest BCUT2D eigenvalue weighted by molar-refractivity contribution is -0.145. The number of ether oxygens (including phenoxy) is 2. The van der Waals surface area contributed by atoms with Crippen molar-refractivity contribution >= 4 is 5.97 Å². The summed E-state index contributed by atoms with van der Waals surface area (Å²) in [5.41, 5.74) is 5.96. The van der Waals surface area contributed by atoms with Gasteiger partial charge in [-0.1, -0.05) is 59.7 Å². The van der Waals surface area contributed by atoms with E-state index in [0.717, 1.165) is 28.1 Å². The number of carbonyl (C=O) groups excluding carboxylic acids is 1. The molecule has 0 aliphatic carbocycles. The Kier molecular flexibility index (Phi) is 6.36. The van der Waals surface area contributed by atoms with Gasteiger partial charge >= 0.3 is 5.97 Å². The van der Waals surface area contributed by atoms with Gasteiger partial charge in [-0.3, -0.25) is 0 Å². The van der Waals surface area contributed by atoms with Crippen molar-refractivity contribution in [2.24, 2.45) is 0 Å². The van der Waals surface area contributed by atoms with Crippen molar-refractivity contribution in [3.05, 3.63) is 83.9 Å². The average molecular weight is 428 g/mol. The second kappa shape index (κ2) is 9.52. The fraction of sp³-hybridized carbons (Fsp3) is 0.185. The smallest absolute Gasteiger partial charge is 0.344 e. The minimum atomic E-state index is -0.394. The minimum absolute atomic E-state index is 0.124. The highest BCUT2D eigenvalue weighted by Gasteiger charge is 2.18. The number of esters is 1. The van der Waals surface area contributed by atoms with E-state index in [1.807, 2.05) is 24.3 Å². The number of hydrogen-bond donors (Lipinski definition) is 0. The summed E-state index contributed by atoms with van der Waals surface area (Å²) < 4.78 is 16.6. The summed E-state index contributed by atoms with van der Waals surface area (Å²) in [6, 6.07) is 23.8. The molecule has 0 radical (unpaired) electrons. The van der Waals surface area contributed by atoms with E-state index in [4.69, 9.17) is 18.9 Å². The van der Waals surface area contributed by atoms with Crippen molar-refractivity contribution in [3.63, 3.8) is 0 Å². The zero-order chi connectivity index (χ0) is 22.5. The highest BCUT2D eigenvalue weighted by molar-refractivity contribution is 5.79. The third-order valence-corrected chi connectivity index (χ3v) is 5.03. The third-order valence-electron chi connectivity index (χ3n) is 5.03. The van der Waals surface area contributed by atoms with Crippen LogP contribution in [0, 0.1) is 13.8 Å². The SMILES string of the molecule is CCOC(=O)COc1ccc(-c2nc(-c3ccc(C)cc3)c(-c3ccc(C)cc3)o2)cc1. The Morgan fingerprint density at radius 2 is 1.38 bits per heavy atom. The van der Waals surface area contributed by atoms with Gasteiger partial charge in [0.05, 0.1) is 6.61 Å². The molecule has 0 spiro atoms. The Morgan fingerprint density at radius 3 is 1.97 bits per heavy atom. The standard InChI is InChI=1S/C27H25NO4/c1-4-30-24(29)17-31-23-15-13-22(14-16-23)27-28-25(20-9-5-18(2)6-10-20)26(32-27)21-11-7-19(3)8-12-21/h5-16H,4,17H2,1-3H3. The van der Waals surface area contributed by atoms with Crippen LogP contribution in [0.4, 0.5) is 0 Å². The molecule has 32 heavy (non-hydrogen) atoms. The lowest BCUT2D eigenvalue weighted by Gasteiger charge is -2.05. The molecule has 0 aliphatic rings. The van der Waals surface area contributed by atoms with Gasteiger partial charge in [-0.2, -0.15) is 0 Å². The normalized spacial score (nSPS) is 10.7. The van der Waals surface area contributed by atoms with Crippen LogP contribution in [0.1, 0.15) is 18.1 Å². The van der Waals surface area contributed by atoms with Crippen molar-refractivity contribution < 1.29 is 18.7 Å². The summed E-state index contributed by atoms with van der Waals surface area (Å²) in [7, 11) is 0. The van der Waals surface area contributed by atoms with Gasteiger partial charge in [0.25, 0.3) is 0 Å². The zero-order valence-electron chi connectivity index (χ0n) is 18.4. The quantitative estimate of drug-likeness (QED) is 0.327. The number of aryl methyl sites for hydroxylation is 2. The van der Waals surface area contributed by atoms with Gasteiger partial charge in [-0.05, 0) is 45.0 Å². The predicted octanol–water partition coefficient (Wildman–Crippen LogP) is 6.23. The lowest BCUT2D eigenvalue weighted by Crippen LogP contribution is -2.14. The summed E-state index contributed by atoms with van der Waals surface area (Å²) in [6.07, 6.45) is 0. The van der Waals surface area contributed by atoms with Crippen LogP contribution in [0.25, 0.3) is 34.0 Å². The lowest BCUT2D eigenvalue weighted by atomic mass is 10.0. The molecule has 0 amide bonds. The summed E-state index contributed by atoms with van der Waals surface area (Å²) in [5.74, 6) is 1.43. The Bertz CT molecular complexity index is 1130. The van der Waals surface area contributed by atoms with Crippen molar-refractivity contribution in [2.45, 2.75) is 20.8 Å². The second-order valence-corrected chi connectivity index (χ2v) is 7.55. The molecule has 4 rings (SSSR count). The summed E-state index contributed by atoms with van der Waals surface area (Å²) in [6.45, 7) is 6.09. The molecule has 0 unspecified atom stereocenters. The second-order valence-electron chi connectivity index (χ2n) is 7.55. The molecule has 0 saturated heterocycles. The number of benzene rings is 3. The largest absolute Gasteiger partial charge is 0.482 e. The molecule has 162 valence electrons. The fourth-order valence-electron chi connectivity index (χ4n) is 3.29. The molecule has 0 saturated carbocycles. The molecule has 0 bridgehead atoms. The van der Waals surface area contributed by atoms with Gasteiger partial charge in [0, 0.05) is 16.7 Å². The van der Waals surface area contributed by atoms with E-state index >= 15 is 0 Å². The highest BCUT2D eigenvalue weighted by atomic mass is 16.6. The number of hydrogen-bond acceptors (Lipinski definition) is 5. The third kappa shape index (κ3) is 4.89. The summed E-state index contributed by atoms with van der Waals surface area (Å²) in [4.78, 5) is 16.3. The number of rotatable bonds is 7. The van der Waals surface area contributed by atoms with Crippen LogP contribution in [0.2, 0.25) is 0 Å². The first-order valence-corrected chi connectivity index (χ1v) is 10.6. The number of nitrogens with zero attached hydrogens (tertiary/aromatic N) is 1. The number of oxazole rings is 1. The maximum absolute atomic E-state index is 11.5. The monoisotopic (exact) mass is 427 g/mol. The molecule has 0 atom stereocenters. The summed E-state index contributed by atoms with van der Waals surface area (Å²) in [5, 5.41) is 0.